The number of ether oxygens (including phenoxy) is 1. The monoisotopic (exact) mass is 236 g/mol. The van der Waals surface area contributed by atoms with Crippen molar-refractivity contribution in [1.29, 1.82) is 0 Å². The van der Waals surface area contributed by atoms with Crippen LogP contribution in [0.2, 0.25) is 0 Å². The van der Waals surface area contributed by atoms with E-state index in [1.54, 1.807) is 26.8 Å². The Balaban J connectivity index is 2.79. The van der Waals surface area contributed by atoms with E-state index in [0.717, 1.165) is 0 Å². The number of pyridine rings is 1. The maximum Gasteiger partial charge on any atom is 0.338 e. The van der Waals surface area contributed by atoms with Gasteiger partial charge in [0.2, 0.25) is 5.91 Å². The Bertz CT molecular complexity index is 416. The predicted molar refractivity (Wildman–Crippen MR) is 63.7 cm³/mol. The number of hydrogen-bond donors (Lipinski definition) is 1. The van der Waals surface area contributed by atoms with Crippen molar-refractivity contribution in [3.8, 4) is 0 Å². The fourth-order valence-electron chi connectivity index (χ4n) is 1.11. The lowest BCUT2D eigenvalue weighted by Gasteiger charge is -2.07. The van der Waals surface area contributed by atoms with E-state index in [0.29, 0.717) is 18.0 Å². The third-order valence-electron chi connectivity index (χ3n) is 2.05. The number of amides is 1. The van der Waals surface area contributed by atoms with Crippen molar-refractivity contribution < 1.29 is 14.3 Å². The van der Waals surface area contributed by atoms with Gasteiger partial charge in [0.25, 0.3) is 0 Å². The van der Waals surface area contributed by atoms with E-state index in [4.69, 9.17) is 4.74 Å². The number of nitrogens with zero attached hydrogens (tertiary/aromatic N) is 1. The van der Waals surface area contributed by atoms with Crippen molar-refractivity contribution >= 4 is 17.7 Å². The molecule has 0 aliphatic carbocycles. The molecule has 1 amide bonds. The minimum absolute atomic E-state index is 0.136. The molecule has 1 aromatic heterocycles. The van der Waals surface area contributed by atoms with Crippen LogP contribution >= 0.6 is 0 Å². The molecule has 1 aromatic rings. The zero-order chi connectivity index (χ0) is 12.8. The van der Waals surface area contributed by atoms with Crippen LogP contribution in [0.1, 0.15) is 31.1 Å². The zero-order valence-corrected chi connectivity index (χ0v) is 10.2. The van der Waals surface area contributed by atoms with Crippen LogP contribution in [0.3, 0.4) is 0 Å². The lowest BCUT2D eigenvalue weighted by Crippen LogP contribution is -2.18. The first-order valence-corrected chi connectivity index (χ1v) is 5.48. The molecule has 0 radical (unpaired) electrons. The number of aromatic nitrogens is 1. The van der Waals surface area contributed by atoms with Crippen molar-refractivity contribution in [2.24, 2.45) is 5.92 Å². The quantitative estimate of drug-likeness (QED) is 0.810. The van der Waals surface area contributed by atoms with E-state index >= 15 is 0 Å². The molecular formula is C12H16N2O3. The average molecular weight is 236 g/mol. The minimum atomic E-state index is -0.421. The Morgan fingerprint density at radius 2 is 2.18 bits per heavy atom. The van der Waals surface area contributed by atoms with Crippen LogP contribution in [-0.4, -0.2) is 23.5 Å². The molecule has 1 N–H and O–H groups in total. The SMILES string of the molecule is CCOC(=O)c1ccnc(NC(=O)C(C)C)c1. The highest BCUT2D eigenvalue weighted by Gasteiger charge is 2.11. The van der Waals surface area contributed by atoms with E-state index in [1.165, 1.54) is 12.3 Å². The number of nitrogens with one attached hydrogen (secondary N) is 1. The summed E-state index contributed by atoms with van der Waals surface area (Å²) >= 11 is 0. The molecule has 0 unspecified atom stereocenters. The maximum absolute atomic E-state index is 11.5. The summed E-state index contributed by atoms with van der Waals surface area (Å²) < 4.78 is 4.86. The van der Waals surface area contributed by atoms with Crippen molar-refractivity contribution in [3.63, 3.8) is 0 Å². The fraction of sp³-hybridized carbons (Fsp3) is 0.417. The number of rotatable bonds is 4. The highest BCUT2D eigenvalue weighted by Crippen LogP contribution is 2.09. The summed E-state index contributed by atoms with van der Waals surface area (Å²) in [6, 6.07) is 3.04. The molecule has 0 aromatic carbocycles. The Morgan fingerprint density at radius 1 is 1.47 bits per heavy atom. The summed E-state index contributed by atoms with van der Waals surface area (Å²) in [6.07, 6.45) is 1.46. The topological polar surface area (TPSA) is 68.3 Å². The van der Waals surface area contributed by atoms with Crippen LogP contribution in [0.4, 0.5) is 5.82 Å². The summed E-state index contributed by atoms with van der Waals surface area (Å²) in [4.78, 5) is 26.9. The van der Waals surface area contributed by atoms with Crippen LogP contribution in [0.25, 0.3) is 0 Å². The number of carbonyl (C=O) groups excluding carboxylic acids is 2. The molecular weight excluding hydrogens is 220 g/mol. The maximum atomic E-state index is 11.5. The average Bonchev–Trinajstić information content (AvgIpc) is 2.29. The van der Waals surface area contributed by atoms with E-state index in [2.05, 4.69) is 10.3 Å². The number of anilines is 1. The van der Waals surface area contributed by atoms with E-state index in [1.807, 2.05) is 0 Å². The molecule has 0 aliphatic heterocycles. The molecule has 1 rings (SSSR count). The van der Waals surface area contributed by atoms with Gasteiger partial charge in [-0.05, 0) is 19.1 Å². The lowest BCUT2D eigenvalue weighted by molar-refractivity contribution is -0.118. The van der Waals surface area contributed by atoms with Gasteiger partial charge in [0, 0.05) is 12.1 Å². The van der Waals surface area contributed by atoms with Gasteiger partial charge >= 0.3 is 5.97 Å². The zero-order valence-electron chi connectivity index (χ0n) is 10.2. The summed E-state index contributed by atoms with van der Waals surface area (Å²) in [6.45, 7) is 5.62. The summed E-state index contributed by atoms with van der Waals surface area (Å²) in [5.41, 5.74) is 0.376. The number of carbonyl (C=O) groups is 2. The third kappa shape index (κ3) is 3.86. The Hall–Kier alpha value is -1.91. The van der Waals surface area contributed by atoms with Gasteiger partial charge in [0.1, 0.15) is 5.82 Å². The summed E-state index contributed by atoms with van der Waals surface area (Å²) in [7, 11) is 0. The van der Waals surface area contributed by atoms with Crippen molar-refractivity contribution in [3.05, 3.63) is 23.9 Å². The third-order valence-corrected chi connectivity index (χ3v) is 2.05. The molecule has 0 aliphatic rings. The van der Waals surface area contributed by atoms with Gasteiger partial charge in [-0.1, -0.05) is 13.8 Å². The van der Waals surface area contributed by atoms with Gasteiger partial charge in [-0.3, -0.25) is 4.79 Å². The molecule has 0 saturated heterocycles. The molecule has 0 saturated carbocycles. The largest absolute Gasteiger partial charge is 0.462 e. The first-order valence-electron chi connectivity index (χ1n) is 5.48. The molecule has 17 heavy (non-hydrogen) atoms. The minimum Gasteiger partial charge on any atom is -0.462 e. The highest BCUT2D eigenvalue weighted by atomic mass is 16.5. The molecule has 0 spiro atoms. The van der Waals surface area contributed by atoms with Crippen LogP contribution in [0.5, 0.6) is 0 Å². The van der Waals surface area contributed by atoms with E-state index < -0.39 is 5.97 Å². The molecule has 92 valence electrons. The van der Waals surface area contributed by atoms with Gasteiger partial charge in [0.15, 0.2) is 0 Å². The van der Waals surface area contributed by atoms with Crippen LogP contribution in [0.15, 0.2) is 18.3 Å². The van der Waals surface area contributed by atoms with Crippen LogP contribution in [-0.2, 0) is 9.53 Å². The summed E-state index contributed by atoms with van der Waals surface area (Å²) in [5, 5.41) is 2.62. The predicted octanol–water partition coefficient (Wildman–Crippen LogP) is 1.85. The van der Waals surface area contributed by atoms with Crippen molar-refractivity contribution in [2.45, 2.75) is 20.8 Å². The second kappa shape index (κ2) is 5.98. The lowest BCUT2D eigenvalue weighted by atomic mass is 10.2. The second-order valence-corrected chi connectivity index (χ2v) is 3.79. The van der Waals surface area contributed by atoms with Crippen LogP contribution < -0.4 is 5.32 Å². The molecule has 0 fully saturated rings. The standard InChI is InChI=1S/C12H16N2O3/c1-4-17-12(16)9-5-6-13-10(7-9)14-11(15)8(2)3/h5-8H,4H2,1-3H3,(H,13,14,15). The van der Waals surface area contributed by atoms with Crippen molar-refractivity contribution in [2.75, 3.05) is 11.9 Å². The molecule has 5 heteroatoms. The molecule has 0 bridgehead atoms. The molecule has 0 atom stereocenters. The fourth-order valence-corrected chi connectivity index (χ4v) is 1.11. The highest BCUT2D eigenvalue weighted by molar-refractivity contribution is 5.94. The number of hydrogen-bond acceptors (Lipinski definition) is 4. The van der Waals surface area contributed by atoms with Gasteiger partial charge < -0.3 is 10.1 Å². The number of esters is 1. The summed E-state index contributed by atoms with van der Waals surface area (Å²) in [5.74, 6) is -0.342. The van der Waals surface area contributed by atoms with Gasteiger partial charge in [-0.15, -0.1) is 0 Å². The van der Waals surface area contributed by atoms with Crippen LogP contribution in [0, 0.1) is 5.92 Å². The molecule has 5 nitrogen and oxygen atoms in total. The Kier molecular flexibility index (Phi) is 4.63. The normalized spacial score (nSPS) is 10.1. The van der Waals surface area contributed by atoms with Gasteiger partial charge in [0.05, 0.1) is 12.2 Å². The Labute approximate surface area is 100 Å². The first-order chi connectivity index (χ1) is 8.04. The van der Waals surface area contributed by atoms with Gasteiger partial charge in [-0.2, -0.15) is 0 Å². The first kappa shape index (κ1) is 13.2. The Morgan fingerprint density at radius 3 is 2.76 bits per heavy atom. The second-order valence-electron chi connectivity index (χ2n) is 3.79. The van der Waals surface area contributed by atoms with Gasteiger partial charge in [-0.25, -0.2) is 9.78 Å². The smallest absolute Gasteiger partial charge is 0.338 e. The van der Waals surface area contributed by atoms with Crippen molar-refractivity contribution in [1.82, 2.24) is 4.98 Å². The van der Waals surface area contributed by atoms with E-state index in [9.17, 15) is 9.59 Å². The van der Waals surface area contributed by atoms with E-state index in [-0.39, 0.29) is 11.8 Å². The molecule has 1 heterocycles.